The van der Waals surface area contributed by atoms with E-state index in [9.17, 15) is 0 Å². The van der Waals surface area contributed by atoms with E-state index in [4.69, 9.17) is 9.47 Å². The molecule has 1 N–H and O–H groups in total. The van der Waals surface area contributed by atoms with Gasteiger partial charge in [0.2, 0.25) is 0 Å². The van der Waals surface area contributed by atoms with Gasteiger partial charge in [0.1, 0.15) is 0 Å². The number of nitrogens with one attached hydrogen (secondary N) is 1. The summed E-state index contributed by atoms with van der Waals surface area (Å²) >= 11 is 0. The summed E-state index contributed by atoms with van der Waals surface area (Å²) in [5, 5.41) is 3.55. The number of methoxy groups -OCH3 is 1. The quantitative estimate of drug-likeness (QED) is 0.784. The van der Waals surface area contributed by atoms with Crippen LogP contribution in [0.15, 0.2) is 30.4 Å². The monoisotopic (exact) mass is 247 g/mol. The Hall–Kier alpha value is -1.48. The van der Waals surface area contributed by atoms with E-state index in [0.717, 1.165) is 30.9 Å². The minimum atomic E-state index is 0.586. The van der Waals surface area contributed by atoms with Crippen molar-refractivity contribution in [3.05, 3.63) is 35.9 Å². The summed E-state index contributed by atoms with van der Waals surface area (Å²) in [5.74, 6) is 1.62. The standard InChI is InChI=1S/C15H21NO2/c1-3-18-15-10-12(8-9-14(15)17-2)11-16-13-6-4-5-7-13/h4-5,8-10,13,16H,3,6-7,11H2,1-2H3. The lowest BCUT2D eigenvalue weighted by atomic mass is 10.1. The molecule has 0 spiro atoms. The molecular formula is C15H21NO2. The first-order valence-electron chi connectivity index (χ1n) is 6.51. The van der Waals surface area contributed by atoms with Crippen LogP contribution in [0.1, 0.15) is 25.3 Å². The van der Waals surface area contributed by atoms with Crippen LogP contribution in [0.4, 0.5) is 0 Å². The highest BCUT2D eigenvalue weighted by molar-refractivity contribution is 5.42. The van der Waals surface area contributed by atoms with E-state index >= 15 is 0 Å². The Bertz CT molecular complexity index is 407. The van der Waals surface area contributed by atoms with Crippen LogP contribution in [-0.2, 0) is 6.54 Å². The molecule has 0 unspecified atom stereocenters. The zero-order valence-electron chi connectivity index (χ0n) is 11.1. The van der Waals surface area contributed by atoms with Crippen molar-refractivity contribution in [2.75, 3.05) is 13.7 Å². The number of rotatable bonds is 6. The van der Waals surface area contributed by atoms with Crippen molar-refractivity contribution < 1.29 is 9.47 Å². The Kier molecular flexibility index (Phi) is 4.65. The van der Waals surface area contributed by atoms with Gasteiger partial charge < -0.3 is 14.8 Å². The summed E-state index contributed by atoms with van der Waals surface area (Å²) in [5.41, 5.74) is 1.23. The number of benzene rings is 1. The summed E-state index contributed by atoms with van der Waals surface area (Å²) < 4.78 is 10.9. The van der Waals surface area contributed by atoms with E-state index in [-0.39, 0.29) is 0 Å². The second-order valence-electron chi connectivity index (χ2n) is 4.44. The minimum absolute atomic E-state index is 0.586. The highest BCUT2D eigenvalue weighted by atomic mass is 16.5. The zero-order valence-corrected chi connectivity index (χ0v) is 11.1. The minimum Gasteiger partial charge on any atom is -0.493 e. The van der Waals surface area contributed by atoms with Gasteiger partial charge in [-0.15, -0.1) is 0 Å². The fourth-order valence-corrected chi connectivity index (χ4v) is 2.15. The Balaban J connectivity index is 1.97. The van der Waals surface area contributed by atoms with Crippen LogP contribution in [0, 0.1) is 0 Å². The lowest BCUT2D eigenvalue weighted by Gasteiger charge is -2.14. The van der Waals surface area contributed by atoms with Crippen LogP contribution >= 0.6 is 0 Å². The molecule has 0 fully saturated rings. The van der Waals surface area contributed by atoms with Gasteiger partial charge >= 0.3 is 0 Å². The van der Waals surface area contributed by atoms with Crippen molar-refractivity contribution in [1.82, 2.24) is 5.32 Å². The lowest BCUT2D eigenvalue weighted by Crippen LogP contribution is -2.25. The van der Waals surface area contributed by atoms with Crippen LogP contribution in [-0.4, -0.2) is 19.8 Å². The van der Waals surface area contributed by atoms with Crippen LogP contribution < -0.4 is 14.8 Å². The first kappa shape index (κ1) is 13.0. The normalized spacial score (nSPS) is 15.0. The number of ether oxygens (including phenoxy) is 2. The molecule has 1 aromatic carbocycles. The molecule has 3 heteroatoms. The molecular weight excluding hydrogens is 226 g/mol. The maximum Gasteiger partial charge on any atom is 0.161 e. The molecule has 0 atom stereocenters. The SMILES string of the molecule is CCOc1cc(CNC2CC=CC2)ccc1OC. The first-order valence-corrected chi connectivity index (χ1v) is 6.51. The summed E-state index contributed by atoms with van der Waals surface area (Å²) in [6.07, 6.45) is 6.73. The average Bonchev–Trinajstić information content (AvgIpc) is 2.90. The fraction of sp³-hybridized carbons (Fsp3) is 0.467. The topological polar surface area (TPSA) is 30.5 Å². The maximum absolute atomic E-state index is 5.58. The maximum atomic E-state index is 5.58. The molecule has 18 heavy (non-hydrogen) atoms. The lowest BCUT2D eigenvalue weighted by molar-refractivity contribution is 0.310. The third kappa shape index (κ3) is 3.26. The van der Waals surface area contributed by atoms with Gasteiger partial charge in [-0.25, -0.2) is 0 Å². The van der Waals surface area contributed by atoms with Crippen LogP contribution in [0.2, 0.25) is 0 Å². The molecule has 0 saturated carbocycles. The molecule has 2 rings (SSSR count). The number of hydrogen-bond acceptors (Lipinski definition) is 3. The molecule has 0 aromatic heterocycles. The Morgan fingerprint density at radius 2 is 2.00 bits per heavy atom. The zero-order chi connectivity index (χ0) is 12.8. The molecule has 0 aliphatic heterocycles. The van der Waals surface area contributed by atoms with Gasteiger partial charge in [0, 0.05) is 12.6 Å². The summed E-state index contributed by atoms with van der Waals surface area (Å²) in [6.45, 7) is 3.50. The van der Waals surface area contributed by atoms with Gasteiger partial charge in [-0.3, -0.25) is 0 Å². The van der Waals surface area contributed by atoms with E-state index in [1.165, 1.54) is 5.56 Å². The Morgan fingerprint density at radius 1 is 1.22 bits per heavy atom. The summed E-state index contributed by atoms with van der Waals surface area (Å²) in [6, 6.07) is 6.69. The molecule has 1 aliphatic carbocycles. The van der Waals surface area contributed by atoms with Gasteiger partial charge in [0.15, 0.2) is 11.5 Å². The molecule has 1 aliphatic rings. The van der Waals surface area contributed by atoms with Gasteiger partial charge in [-0.1, -0.05) is 18.2 Å². The second kappa shape index (κ2) is 6.45. The fourth-order valence-electron chi connectivity index (χ4n) is 2.15. The highest BCUT2D eigenvalue weighted by Crippen LogP contribution is 2.28. The van der Waals surface area contributed by atoms with Crippen molar-refractivity contribution >= 4 is 0 Å². The van der Waals surface area contributed by atoms with E-state index < -0.39 is 0 Å². The second-order valence-corrected chi connectivity index (χ2v) is 4.44. The molecule has 0 heterocycles. The van der Waals surface area contributed by atoms with Crippen LogP contribution in [0.3, 0.4) is 0 Å². The third-order valence-corrected chi connectivity index (χ3v) is 3.13. The highest BCUT2D eigenvalue weighted by Gasteiger charge is 2.10. The van der Waals surface area contributed by atoms with Crippen molar-refractivity contribution in [2.24, 2.45) is 0 Å². The predicted molar refractivity (Wildman–Crippen MR) is 73.2 cm³/mol. The summed E-state index contributed by atoms with van der Waals surface area (Å²) in [7, 11) is 1.67. The van der Waals surface area contributed by atoms with E-state index in [1.54, 1.807) is 7.11 Å². The third-order valence-electron chi connectivity index (χ3n) is 3.13. The van der Waals surface area contributed by atoms with Crippen molar-refractivity contribution in [1.29, 1.82) is 0 Å². The average molecular weight is 247 g/mol. The molecule has 0 radical (unpaired) electrons. The van der Waals surface area contributed by atoms with Gasteiger partial charge in [0.25, 0.3) is 0 Å². The smallest absolute Gasteiger partial charge is 0.161 e. The van der Waals surface area contributed by atoms with Crippen molar-refractivity contribution in [3.63, 3.8) is 0 Å². The molecule has 0 saturated heterocycles. The molecule has 0 bridgehead atoms. The predicted octanol–water partition coefficient (Wildman–Crippen LogP) is 2.90. The van der Waals surface area contributed by atoms with Gasteiger partial charge in [0.05, 0.1) is 13.7 Å². The van der Waals surface area contributed by atoms with Crippen LogP contribution in [0.5, 0.6) is 11.5 Å². The van der Waals surface area contributed by atoms with Crippen molar-refractivity contribution in [3.8, 4) is 11.5 Å². The van der Waals surface area contributed by atoms with E-state index in [1.807, 2.05) is 13.0 Å². The largest absolute Gasteiger partial charge is 0.493 e. The molecule has 1 aromatic rings. The van der Waals surface area contributed by atoms with Crippen molar-refractivity contribution in [2.45, 2.75) is 32.4 Å². The van der Waals surface area contributed by atoms with Gasteiger partial charge in [-0.05, 0) is 37.5 Å². The Morgan fingerprint density at radius 3 is 2.67 bits per heavy atom. The molecule has 3 nitrogen and oxygen atoms in total. The number of hydrogen-bond donors (Lipinski definition) is 1. The summed E-state index contributed by atoms with van der Waals surface area (Å²) in [4.78, 5) is 0. The molecule has 98 valence electrons. The van der Waals surface area contributed by atoms with E-state index in [0.29, 0.717) is 12.6 Å². The first-order chi connectivity index (χ1) is 8.83. The van der Waals surface area contributed by atoms with Crippen LogP contribution in [0.25, 0.3) is 0 Å². The van der Waals surface area contributed by atoms with E-state index in [2.05, 4.69) is 29.6 Å². The molecule has 0 amide bonds. The van der Waals surface area contributed by atoms with Gasteiger partial charge in [-0.2, -0.15) is 0 Å². The Labute approximate surface area is 109 Å².